The van der Waals surface area contributed by atoms with Crippen LogP contribution >= 0.6 is 0 Å². The van der Waals surface area contributed by atoms with E-state index in [-0.39, 0.29) is 5.91 Å². The van der Waals surface area contributed by atoms with E-state index in [1.54, 1.807) is 12.3 Å². The first-order valence-electron chi connectivity index (χ1n) is 5.67. The molecule has 0 spiro atoms. The summed E-state index contributed by atoms with van der Waals surface area (Å²) in [5.41, 5.74) is 8.67. The zero-order valence-corrected chi connectivity index (χ0v) is 10.4. The molecule has 1 aromatic carbocycles. The van der Waals surface area contributed by atoms with Crippen molar-refractivity contribution >= 4 is 17.4 Å². The number of aromatic nitrogens is 1. The van der Waals surface area contributed by atoms with Crippen LogP contribution in [0.2, 0.25) is 0 Å². The van der Waals surface area contributed by atoms with Gasteiger partial charge in [-0.1, -0.05) is 18.2 Å². The van der Waals surface area contributed by atoms with Crippen molar-refractivity contribution in [2.24, 2.45) is 0 Å². The van der Waals surface area contributed by atoms with Crippen LogP contribution in [0.25, 0.3) is 0 Å². The van der Waals surface area contributed by atoms with E-state index in [1.165, 1.54) is 0 Å². The number of benzene rings is 1. The van der Waals surface area contributed by atoms with Crippen LogP contribution in [-0.4, -0.2) is 10.9 Å². The zero-order valence-electron chi connectivity index (χ0n) is 10.4. The molecule has 2 rings (SSSR count). The third-order valence-electron chi connectivity index (χ3n) is 2.81. The Morgan fingerprint density at radius 1 is 1.17 bits per heavy atom. The summed E-state index contributed by atoms with van der Waals surface area (Å²) in [6.07, 6.45) is 1.64. The highest BCUT2D eigenvalue weighted by Crippen LogP contribution is 2.18. The second kappa shape index (κ2) is 4.87. The molecular weight excluding hydrogens is 226 g/mol. The van der Waals surface area contributed by atoms with E-state index in [0.29, 0.717) is 17.1 Å². The fraction of sp³-hybridized carbons (Fsp3) is 0.143. The molecule has 0 aliphatic heterocycles. The topological polar surface area (TPSA) is 68.0 Å². The van der Waals surface area contributed by atoms with Crippen LogP contribution in [0.4, 0.5) is 11.5 Å². The highest BCUT2D eigenvalue weighted by molar-refractivity contribution is 6.07. The molecule has 18 heavy (non-hydrogen) atoms. The molecule has 0 unspecified atom stereocenters. The fourth-order valence-corrected chi connectivity index (χ4v) is 1.67. The molecule has 1 aromatic heterocycles. The number of carbonyl (C=O) groups is 1. The number of hydrogen-bond donors (Lipinski definition) is 2. The maximum Gasteiger partial charge on any atom is 0.258 e. The summed E-state index contributed by atoms with van der Waals surface area (Å²) in [6.45, 7) is 3.76. The lowest BCUT2D eigenvalue weighted by atomic mass is 10.1. The Balaban J connectivity index is 2.28. The maximum atomic E-state index is 12.1. The van der Waals surface area contributed by atoms with Gasteiger partial charge in [-0.05, 0) is 37.1 Å². The first-order valence-corrected chi connectivity index (χ1v) is 5.67. The predicted octanol–water partition coefficient (Wildman–Crippen LogP) is 2.53. The van der Waals surface area contributed by atoms with Crippen molar-refractivity contribution in [1.82, 2.24) is 4.98 Å². The molecule has 0 fully saturated rings. The normalized spacial score (nSPS) is 10.1. The van der Waals surface area contributed by atoms with E-state index in [2.05, 4.69) is 10.3 Å². The minimum Gasteiger partial charge on any atom is -0.398 e. The summed E-state index contributed by atoms with van der Waals surface area (Å²) in [5, 5.41) is 2.76. The largest absolute Gasteiger partial charge is 0.398 e. The summed E-state index contributed by atoms with van der Waals surface area (Å²) in [4.78, 5) is 16.2. The number of nitrogens with zero attached hydrogens (tertiary/aromatic N) is 1. The summed E-state index contributed by atoms with van der Waals surface area (Å²) in [5.74, 6) is 0.321. The Labute approximate surface area is 106 Å². The number of para-hydroxylation sites is 1. The van der Waals surface area contributed by atoms with Gasteiger partial charge in [0.25, 0.3) is 5.91 Å². The smallest absolute Gasteiger partial charge is 0.258 e. The van der Waals surface area contributed by atoms with Crippen molar-refractivity contribution in [3.05, 3.63) is 53.2 Å². The van der Waals surface area contributed by atoms with E-state index in [4.69, 9.17) is 5.73 Å². The number of carbonyl (C=O) groups excluding carboxylic acids is 1. The van der Waals surface area contributed by atoms with Crippen molar-refractivity contribution in [2.75, 3.05) is 11.1 Å². The molecular formula is C14H15N3O. The van der Waals surface area contributed by atoms with Crippen molar-refractivity contribution in [1.29, 1.82) is 0 Å². The summed E-state index contributed by atoms with van der Waals surface area (Å²) in [6, 6.07) is 9.11. The molecule has 0 bridgehead atoms. The SMILES string of the molecule is Cc1cccnc1NC(=O)c1cccc(C)c1N. The Bertz CT molecular complexity index is 593. The minimum atomic E-state index is -0.238. The van der Waals surface area contributed by atoms with Crippen LogP contribution in [0, 0.1) is 13.8 Å². The van der Waals surface area contributed by atoms with Crippen molar-refractivity contribution in [3.8, 4) is 0 Å². The van der Waals surface area contributed by atoms with Gasteiger partial charge < -0.3 is 11.1 Å². The second-order valence-electron chi connectivity index (χ2n) is 4.16. The molecule has 0 atom stereocenters. The van der Waals surface area contributed by atoms with Gasteiger partial charge in [-0.2, -0.15) is 0 Å². The van der Waals surface area contributed by atoms with Gasteiger partial charge in [0.2, 0.25) is 0 Å². The van der Waals surface area contributed by atoms with Crippen LogP contribution in [0.3, 0.4) is 0 Å². The number of pyridine rings is 1. The van der Waals surface area contributed by atoms with Crippen molar-refractivity contribution < 1.29 is 4.79 Å². The molecule has 0 radical (unpaired) electrons. The number of nitrogens with two attached hydrogens (primary N) is 1. The highest BCUT2D eigenvalue weighted by Gasteiger charge is 2.12. The Morgan fingerprint density at radius 3 is 2.61 bits per heavy atom. The average molecular weight is 241 g/mol. The van der Waals surface area contributed by atoms with Gasteiger partial charge >= 0.3 is 0 Å². The average Bonchev–Trinajstić information content (AvgIpc) is 2.35. The predicted molar refractivity (Wildman–Crippen MR) is 72.5 cm³/mol. The van der Waals surface area contributed by atoms with Crippen molar-refractivity contribution in [3.63, 3.8) is 0 Å². The van der Waals surface area contributed by atoms with Crippen LogP contribution in [-0.2, 0) is 0 Å². The highest BCUT2D eigenvalue weighted by atomic mass is 16.1. The van der Waals surface area contributed by atoms with Crippen LogP contribution < -0.4 is 11.1 Å². The van der Waals surface area contributed by atoms with Gasteiger partial charge in [-0.15, -0.1) is 0 Å². The summed E-state index contributed by atoms with van der Waals surface area (Å²) in [7, 11) is 0. The van der Waals surface area contributed by atoms with Crippen molar-refractivity contribution in [2.45, 2.75) is 13.8 Å². The molecule has 0 aliphatic rings. The molecule has 2 aromatic rings. The quantitative estimate of drug-likeness (QED) is 0.794. The van der Waals surface area contributed by atoms with Gasteiger partial charge in [0.15, 0.2) is 0 Å². The van der Waals surface area contributed by atoms with E-state index in [9.17, 15) is 4.79 Å². The maximum absolute atomic E-state index is 12.1. The third-order valence-corrected chi connectivity index (χ3v) is 2.81. The number of hydrogen-bond acceptors (Lipinski definition) is 3. The number of amides is 1. The van der Waals surface area contributed by atoms with Gasteiger partial charge in [-0.3, -0.25) is 4.79 Å². The first kappa shape index (κ1) is 12.1. The van der Waals surface area contributed by atoms with E-state index in [1.807, 2.05) is 38.1 Å². The number of anilines is 2. The van der Waals surface area contributed by atoms with Gasteiger partial charge in [0, 0.05) is 11.9 Å². The molecule has 1 amide bonds. The first-order chi connectivity index (χ1) is 8.59. The van der Waals surface area contributed by atoms with Gasteiger partial charge in [0.1, 0.15) is 5.82 Å². The van der Waals surface area contributed by atoms with Gasteiger partial charge in [-0.25, -0.2) is 4.98 Å². The Kier molecular flexibility index (Phi) is 3.28. The molecule has 4 heteroatoms. The van der Waals surface area contributed by atoms with Gasteiger partial charge in [0.05, 0.1) is 5.56 Å². The number of nitrogens with one attached hydrogen (secondary N) is 1. The lowest BCUT2D eigenvalue weighted by Gasteiger charge is -2.10. The number of rotatable bonds is 2. The van der Waals surface area contributed by atoms with E-state index < -0.39 is 0 Å². The summed E-state index contributed by atoms with van der Waals surface area (Å²) < 4.78 is 0. The molecule has 0 aliphatic carbocycles. The molecule has 4 nitrogen and oxygen atoms in total. The minimum absolute atomic E-state index is 0.238. The monoisotopic (exact) mass is 241 g/mol. The lowest BCUT2D eigenvalue weighted by Crippen LogP contribution is -2.16. The molecule has 0 saturated carbocycles. The second-order valence-corrected chi connectivity index (χ2v) is 4.16. The Hall–Kier alpha value is -2.36. The van der Waals surface area contributed by atoms with Crippen LogP contribution in [0.1, 0.15) is 21.5 Å². The fourth-order valence-electron chi connectivity index (χ4n) is 1.67. The van der Waals surface area contributed by atoms with Crippen LogP contribution in [0.5, 0.6) is 0 Å². The molecule has 0 saturated heterocycles. The number of aryl methyl sites for hydroxylation is 2. The lowest BCUT2D eigenvalue weighted by molar-refractivity contribution is 0.102. The summed E-state index contributed by atoms with van der Waals surface area (Å²) >= 11 is 0. The molecule has 3 N–H and O–H groups in total. The molecule has 1 heterocycles. The third kappa shape index (κ3) is 2.32. The Morgan fingerprint density at radius 2 is 1.89 bits per heavy atom. The number of nitrogen functional groups attached to an aromatic ring is 1. The molecule has 92 valence electrons. The standard InChI is InChI=1S/C14H15N3O/c1-9-5-3-7-11(12(9)15)14(18)17-13-10(2)6-4-8-16-13/h3-8H,15H2,1-2H3,(H,16,17,18). The van der Waals surface area contributed by atoms with Crippen LogP contribution in [0.15, 0.2) is 36.5 Å². The van der Waals surface area contributed by atoms with E-state index in [0.717, 1.165) is 11.1 Å². The zero-order chi connectivity index (χ0) is 13.1. The van der Waals surface area contributed by atoms with E-state index >= 15 is 0 Å².